The predicted molar refractivity (Wildman–Crippen MR) is 107 cm³/mol. The molecule has 2 aromatic heterocycles. The molecule has 0 N–H and O–H groups in total. The molecule has 0 aliphatic carbocycles. The highest BCUT2D eigenvalue weighted by atomic mass is 16.5. The molecule has 0 atom stereocenters. The number of fused-ring (bicyclic) bond motifs is 1. The van der Waals surface area contributed by atoms with Crippen molar-refractivity contribution in [3.63, 3.8) is 0 Å². The molecule has 0 unspecified atom stereocenters. The zero-order chi connectivity index (χ0) is 19.4. The number of ether oxygens (including phenoxy) is 2. The lowest BCUT2D eigenvalue weighted by atomic mass is 10.1. The number of benzene rings is 1. The summed E-state index contributed by atoms with van der Waals surface area (Å²) in [6.07, 6.45) is 4.67. The predicted octanol–water partition coefficient (Wildman–Crippen LogP) is 3.01. The van der Waals surface area contributed by atoms with E-state index in [4.69, 9.17) is 14.5 Å². The van der Waals surface area contributed by atoms with Gasteiger partial charge in [-0.05, 0) is 30.5 Å². The third-order valence-corrected chi connectivity index (χ3v) is 4.66. The first-order valence-electron chi connectivity index (χ1n) is 9.18. The number of anilines is 1. The lowest BCUT2D eigenvalue weighted by Gasteiger charge is -2.17. The van der Waals surface area contributed by atoms with E-state index in [1.165, 1.54) is 5.56 Å². The molecule has 3 aromatic rings. The number of aryl methyl sites for hydroxylation is 2. The van der Waals surface area contributed by atoms with Crippen LogP contribution in [-0.2, 0) is 19.9 Å². The van der Waals surface area contributed by atoms with Crippen molar-refractivity contribution in [2.45, 2.75) is 26.2 Å². The molecule has 27 heavy (non-hydrogen) atoms. The van der Waals surface area contributed by atoms with Crippen molar-refractivity contribution in [1.82, 2.24) is 19.7 Å². The Kier molecular flexibility index (Phi) is 5.78. The molecule has 3 rings (SSSR count). The Morgan fingerprint density at radius 2 is 1.89 bits per heavy atom. The molecule has 0 saturated carbocycles. The molecule has 0 aliphatic heterocycles. The molecule has 7 nitrogen and oxygen atoms in total. The maximum atomic E-state index is 5.38. The van der Waals surface area contributed by atoms with Crippen molar-refractivity contribution >= 4 is 17.0 Å². The Morgan fingerprint density at radius 3 is 2.59 bits per heavy atom. The zero-order valence-electron chi connectivity index (χ0n) is 16.7. The lowest BCUT2D eigenvalue weighted by Crippen LogP contribution is -2.22. The second-order valence-corrected chi connectivity index (χ2v) is 6.59. The minimum absolute atomic E-state index is 0.716. The zero-order valence-corrected chi connectivity index (χ0v) is 16.7. The van der Waals surface area contributed by atoms with Crippen molar-refractivity contribution in [1.29, 1.82) is 0 Å². The van der Waals surface area contributed by atoms with Crippen LogP contribution in [0.1, 0.15) is 24.6 Å². The fraction of sp³-hybridized carbons (Fsp3) is 0.450. The molecule has 7 heteroatoms. The molecule has 0 saturated heterocycles. The maximum Gasteiger partial charge on any atom is 0.225 e. The van der Waals surface area contributed by atoms with Crippen LogP contribution in [0.3, 0.4) is 0 Å². The van der Waals surface area contributed by atoms with Crippen LogP contribution in [0, 0.1) is 0 Å². The fourth-order valence-electron chi connectivity index (χ4n) is 3.12. The third-order valence-electron chi connectivity index (χ3n) is 4.66. The molecular weight excluding hydrogens is 342 g/mol. The molecule has 144 valence electrons. The molecule has 1 aromatic carbocycles. The largest absolute Gasteiger partial charge is 0.493 e. The Morgan fingerprint density at radius 1 is 1.11 bits per heavy atom. The second kappa shape index (κ2) is 8.24. The summed E-state index contributed by atoms with van der Waals surface area (Å²) >= 11 is 0. The number of aromatic nitrogens is 4. The fourth-order valence-corrected chi connectivity index (χ4v) is 3.12. The van der Waals surface area contributed by atoms with E-state index in [1.54, 1.807) is 14.2 Å². The standard InChI is InChI=1S/C20H27N5O2/c1-6-7-15-19-16(25(3)23-15)13-21-20(22-19)24(2)11-10-14-8-9-17(26-4)18(12-14)27-5/h8-9,12-13H,6-7,10-11H2,1-5H3. The Bertz CT molecular complexity index is 922. The van der Waals surface area contributed by atoms with Gasteiger partial charge < -0.3 is 14.4 Å². The Balaban J connectivity index is 1.76. The summed E-state index contributed by atoms with van der Waals surface area (Å²) in [4.78, 5) is 11.4. The Labute approximate surface area is 159 Å². The van der Waals surface area contributed by atoms with Gasteiger partial charge in [-0.1, -0.05) is 19.4 Å². The maximum absolute atomic E-state index is 5.38. The van der Waals surface area contributed by atoms with Crippen LogP contribution in [0.5, 0.6) is 11.5 Å². The summed E-state index contributed by atoms with van der Waals surface area (Å²) in [5.41, 5.74) is 4.12. The van der Waals surface area contributed by atoms with E-state index in [2.05, 4.69) is 28.0 Å². The van der Waals surface area contributed by atoms with E-state index in [1.807, 2.05) is 37.1 Å². The summed E-state index contributed by atoms with van der Waals surface area (Å²) in [6, 6.07) is 6.00. The van der Waals surface area contributed by atoms with E-state index >= 15 is 0 Å². The number of nitrogens with zero attached hydrogens (tertiary/aromatic N) is 5. The van der Waals surface area contributed by atoms with Crippen LogP contribution in [0.25, 0.3) is 11.0 Å². The third kappa shape index (κ3) is 3.97. The summed E-state index contributed by atoms with van der Waals surface area (Å²) in [5.74, 6) is 2.20. The van der Waals surface area contributed by atoms with Crippen LogP contribution >= 0.6 is 0 Å². The van der Waals surface area contributed by atoms with Crippen molar-refractivity contribution in [3.8, 4) is 11.5 Å². The molecule has 0 spiro atoms. The molecule has 2 heterocycles. The van der Waals surface area contributed by atoms with Crippen LogP contribution in [0.4, 0.5) is 5.95 Å². The highest BCUT2D eigenvalue weighted by Gasteiger charge is 2.13. The van der Waals surface area contributed by atoms with Gasteiger partial charge in [-0.25, -0.2) is 9.97 Å². The lowest BCUT2D eigenvalue weighted by molar-refractivity contribution is 0.354. The quantitative estimate of drug-likeness (QED) is 0.608. The van der Waals surface area contributed by atoms with Gasteiger partial charge in [0, 0.05) is 20.6 Å². The van der Waals surface area contributed by atoms with Gasteiger partial charge in [-0.2, -0.15) is 5.10 Å². The van der Waals surface area contributed by atoms with Gasteiger partial charge in [0.1, 0.15) is 11.0 Å². The number of hydrogen-bond donors (Lipinski definition) is 0. The minimum atomic E-state index is 0.716. The van der Waals surface area contributed by atoms with E-state index in [-0.39, 0.29) is 0 Å². The van der Waals surface area contributed by atoms with E-state index in [9.17, 15) is 0 Å². The van der Waals surface area contributed by atoms with E-state index < -0.39 is 0 Å². The van der Waals surface area contributed by atoms with E-state index in [0.29, 0.717) is 5.95 Å². The van der Waals surface area contributed by atoms with Crippen LogP contribution < -0.4 is 14.4 Å². The summed E-state index contributed by atoms with van der Waals surface area (Å²) in [5, 5.41) is 4.58. The molecule has 0 amide bonds. The Hall–Kier alpha value is -2.83. The number of methoxy groups -OCH3 is 2. The average molecular weight is 369 g/mol. The number of likely N-dealkylation sites (N-methyl/N-ethyl adjacent to an activating group) is 1. The molecule has 0 radical (unpaired) electrons. The van der Waals surface area contributed by atoms with Gasteiger partial charge >= 0.3 is 0 Å². The minimum Gasteiger partial charge on any atom is -0.493 e. The van der Waals surface area contributed by atoms with Gasteiger partial charge in [0.05, 0.1) is 26.1 Å². The van der Waals surface area contributed by atoms with Crippen molar-refractivity contribution < 1.29 is 9.47 Å². The van der Waals surface area contributed by atoms with Crippen LogP contribution in [0.15, 0.2) is 24.4 Å². The van der Waals surface area contributed by atoms with Gasteiger partial charge in [0.2, 0.25) is 5.95 Å². The second-order valence-electron chi connectivity index (χ2n) is 6.59. The van der Waals surface area contributed by atoms with Crippen molar-refractivity contribution in [3.05, 3.63) is 35.7 Å². The summed E-state index contributed by atoms with van der Waals surface area (Å²) < 4.78 is 12.5. The summed E-state index contributed by atoms with van der Waals surface area (Å²) in [7, 11) is 7.24. The normalized spacial score (nSPS) is 11.0. The van der Waals surface area contributed by atoms with Crippen molar-refractivity contribution in [2.75, 3.05) is 32.7 Å². The van der Waals surface area contributed by atoms with Gasteiger partial charge in [0.15, 0.2) is 11.5 Å². The molecule has 0 bridgehead atoms. The molecule has 0 aliphatic rings. The SMILES string of the molecule is CCCc1nn(C)c2cnc(N(C)CCc3ccc(OC)c(OC)c3)nc12. The van der Waals surface area contributed by atoms with Gasteiger partial charge in [0.25, 0.3) is 0 Å². The first-order valence-corrected chi connectivity index (χ1v) is 9.18. The van der Waals surface area contributed by atoms with Crippen molar-refractivity contribution in [2.24, 2.45) is 7.05 Å². The number of rotatable bonds is 8. The van der Waals surface area contributed by atoms with Crippen LogP contribution in [0.2, 0.25) is 0 Å². The first-order chi connectivity index (χ1) is 13.1. The average Bonchev–Trinajstić information content (AvgIpc) is 3.01. The van der Waals surface area contributed by atoms with Crippen LogP contribution in [-0.4, -0.2) is 47.6 Å². The van der Waals surface area contributed by atoms with Gasteiger partial charge in [-0.15, -0.1) is 0 Å². The number of hydrogen-bond acceptors (Lipinski definition) is 6. The van der Waals surface area contributed by atoms with Gasteiger partial charge in [-0.3, -0.25) is 4.68 Å². The smallest absolute Gasteiger partial charge is 0.225 e. The monoisotopic (exact) mass is 369 g/mol. The molecule has 0 fully saturated rings. The highest BCUT2D eigenvalue weighted by Crippen LogP contribution is 2.28. The van der Waals surface area contributed by atoms with E-state index in [0.717, 1.165) is 54.0 Å². The summed E-state index contributed by atoms with van der Waals surface area (Å²) in [6.45, 7) is 2.95. The topological polar surface area (TPSA) is 65.3 Å². The molecular formula is C20H27N5O2. The highest BCUT2D eigenvalue weighted by molar-refractivity contribution is 5.77. The first kappa shape index (κ1) is 18.9.